The van der Waals surface area contributed by atoms with E-state index in [2.05, 4.69) is 27.2 Å². The maximum absolute atomic E-state index is 8.80. The van der Waals surface area contributed by atoms with Crippen LogP contribution >= 0.6 is 0 Å². The summed E-state index contributed by atoms with van der Waals surface area (Å²) in [5, 5.41) is 12.0. The molecule has 0 saturated heterocycles. The van der Waals surface area contributed by atoms with Crippen molar-refractivity contribution < 1.29 is 5.11 Å². The summed E-state index contributed by atoms with van der Waals surface area (Å²) in [5.41, 5.74) is 0. The van der Waals surface area contributed by atoms with Gasteiger partial charge >= 0.3 is 0 Å². The first-order valence-electron chi connectivity index (χ1n) is 7.14. The van der Waals surface area contributed by atoms with E-state index in [1.54, 1.807) is 0 Å². The van der Waals surface area contributed by atoms with Gasteiger partial charge in [0, 0.05) is 32.3 Å². The molecular weight excluding hydrogens is 240 g/mol. The fourth-order valence-electron chi connectivity index (χ4n) is 2.60. The van der Waals surface area contributed by atoms with E-state index in [-0.39, 0.29) is 6.61 Å². The van der Waals surface area contributed by atoms with Crippen LogP contribution in [0.3, 0.4) is 0 Å². The minimum atomic E-state index is 0.200. The number of aryl methyl sites for hydroxylation is 1. The monoisotopic (exact) mass is 264 g/mol. The van der Waals surface area contributed by atoms with E-state index >= 15 is 0 Å². The highest BCUT2D eigenvalue weighted by Gasteiger charge is 2.21. The van der Waals surface area contributed by atoms with Gasteiger partial charge in [0.05, 0.1) is 0 Å². The van der Waals surface area contributed by atoms with E-state index in [0.29, 0.717) is 6.04 Å². The van der Waals surface area contributed by atoms with Crippen LogP contribution in [0.15, 0.2) is 6.07 Å². The number of hydrogen-bond donors (Lipinski definition) is 2. The van der Waals surface area contributed by atoms with Crippen LogP contribution in [0.2, 0.25) is 0 Å². The molecule has 1 aliphatic carbocycles. The molecule has 0 aromatic carbocycles. The zero-order valence-electron chi connectivity index (χ0n) is 11.9. The van der Waals surface area contributed by atoms with Crippen LogP contribution < -0.4 is 10.2 Å². The molecule has 1 aliphatic rings. The molecule has 5 heteroatoms. The quantitative estimate of drug-likeness (QED) is 0.769. The Bertz CT molecular complexity index is 404. The number of aliphatic hydroxyl groups excluding tert-OH is 1. The third-order valence-corrected chi connectivity index (χ3v) is 3.70. The van der Waals surface area contributed by atoms with Crippen LogP contribution in [0.4, 0.5) is 11.6 Å². The molecular formula is C14H24N4O. The molecule has 1 fully saturated rings. The van der Waals surface area contributed by atoms with Gasteiger partial charge in [-0.2, -0.15) is 0 Å². The molecule has 0 radical (unpaired) electrons. The minimum absolute atomic E-state index is 0.200. The van der Waals surface area contributed by atoms with Gasteiger partial charge in [0.15, 0.2) is 0 Å². The molecule has 5 nitrogen and oxygen atoms in total. The first-order chi connectivity index (χ1) is 9.20. The molecule has 0 aliphatic heterocycles. The highest BCUT2D eigenvalue weighted by Crippen LogP contribution is 2.26. The highest BCUT2D eigenvalue weighted by atomic mass is 16.3. The summed E-state index contributed by atoms with van der Waals surface area (Å²) in [6.07, 6.45) is 5.89. The standard InChI is InChI=1S/C14H24N4O/c1-11-16-13(15-8-5-9-19)10-14(17-11)18(2)12-6-3-4-7-12/h10,12,19H,3-9H2,1-2H3,(H,15,16,17). The molecule has 106 valence electrons. The lowest BCUT2D eigenvalue weighted by Crippen LogP contribution is -2.30. The molecule has 2 rings (SSSR count). The maximum atomic E-state index is 8.80. The van der Waals surface area contributed by atoms with Crippen molar-refractivity contribution in [2.24, 2.45) is 0 Å². The van der Waals surface area contributed by atoms with Gasteiger partial charge in [-0.3, -0.25) is 0 Å². The summed E-state index contributed by atoms with van der Waals surface area (Å²) in [7, 11) is 2.12. The zero-order chi connectivity index (χ0) is 13.7. The van der Waals surface area contributed by atoms with Crippen LogP contribution in [0.1, 0.15) is 37.9 Å². The third kappa shape index (κ3) is 3.80. The lowest BCUT2D eigenvalue weighted by molar-refractivity contribution is 0.292. The van der Waals surface area contributed by atoms with Crippen molar-refractivity contribution in [3.8, 4) is 0 Å². The first-order valence-corrected chi connectivity index (χ1v) is 7.14. The normalized spacial score (nSPS) is 15.7. The molecule has 19 heavy (non-hydrogen) atoms. The minimum Gasteiger partial charge on any atom is -0.396 e. The predicted molar refractivity (Wildman–Crippen MR) is 77.6 cm³/mol. The van der Waals surface area contributed by atoms with Crippen LogP contribution in [0, 0.1) is 6.92 Å². The van der Waals surface area contributed by atoms with E-state index in [0.717, 1.165) is 30.4 Å². The van der Waals surface area contributed by atoms with Gasteiger partial charge in [-0.1, -0.05) is 12.8 Å². The van der Waals surface area contributed by atoms with Crippen LogP contribution in [0.25, 0.3) is 0 Å². The van der Waals surface area contributed by atoms with Gasteiger partial charge < -0.3 is 15.3 Å². The molecule has 0 unspecified atom stereocenters. The van der Waals surface area contributed by atoms with E-state index in [9.17, 15) is 0 Å². The highest BCUT2D eigenvalue weighted by molar-refractivity contribution is 5.49. The van der Waals surface area contributed by atoms with Crippen LogP contribution in [-0.4, -0.2) is 41.3 Å². The Hall–Kier alpha value is -1.36. The molecule has 1 heterocycles. The number of aliphatic hydroxyl groups is 1. The van der Waals surface area contributed by atoms with Crippen LogP contribution in [-0.2, 0) is 0 Å². The van der Waals surface area contributed by atoms with E-state index < -0.39 is 0 Å². The van der Waals surface area contributed by atoms with Crippen molar-refractivity contribution in [2.45, 2.75) is 45.1 Å². The van der Waals surface area contributed by atoms with Gasteiger partial charge in [-0.15, -0.1) is 0 Å². The predicted octanol–water partition coefficient (Wildman–Crippen LogP) is 1.96. The molecule has 1 aromatic heterocycles. The maximum Gasteiger partial charge on any atom is 0.134 e. The van der Waals surface area contributed by atoms with E-state index in [1.807, 2.05) is 13.0 Å². The van der Waals surface area contributed by atoms with E-state index in [1.165, 1.54) is 25.7 Å². The first kappa shape index (κ1) is 14.1. The number of nitrogens with one attached hydrogen (secondary N) is 1. The molecule has 0 spiro atoms. The van der Waals surface area contributed by atoms with Crippen molar-refractivity contribution in [1.29, 1.82) is 0 Å². The van der Waals surface area contributed by atoms with Gasteiger partial charge in [-0.05, 0) is 26.2 Å². The summed E-state index contributed by atoms with van der Waals surface area (Å²) >= 11 is 0. The van der Waals surface area contributed by atoms with E-state index in [4.69, 9.17) is 5.11 Å². The van der Waals surface area contributed by atoms with Crippen molar-refractivity contribution >= 4 is 11.6 Å². The van der Waals surface area contributed by atoms with Crippen LogP contribution in [0.5, 0.6) is 0 Å². The van der Waals surface area contributed by atoms with Gasteiger partial charge in [0.2, 0.25) is 0 Å². The second-order valence-electron chi connectivity index (χ2n) is 5.21. The molecule has 2 N–H and O–H groups in total. The Morgan fingerprint density at radius 1 is 1.37 bits per heavy atom. The Kier molecular flexibility index (Phi) is 4.96. The molecule has 0 atom stereocenters. The Morgan fingerprint density at radius 2 is 2.11 bits per heavy atom. The van der Waals surface area contributed by atoms with Gasteiger partial charge in [-0.25, -0.2) is 9.97 Å². The number of hydrogen-bond acceptors (Lipinski definition) is 5. The number of rotatable bonds is 6. The fourth-order valence-corrected chi connectivity index (χ4v) is 2.60. The smallest absolute Gasteiger partial charge is 0.134 e. The Balaban J connectivity index is 2.06. The number of nitrogens with zero attached hydrogens (tertiary/aromatic N) is 3. The van der Waals surface area contributed by atoms with Gasteiger partial charge in [0.25, 0.3) is 0 Å². The molecule has 0 amide bonds. The average molecular weight is 264 g/mol. The van der Waals surface area contributed by atoms with Crippen molar-refractivity contribution in [3.63, 3.8) is 0 Å². The Labute approximate surface area is 115 Å². The second-order valence-corrected chi connectivity index (χ2v) is 5.21. The summed E-state index contributed by atoms with van der Waals surface area (Å²) in [6.45, 7) is 2.86. The zero-order valence-corrected chi connectivity index (χ0v) is 11.9. The SMILES string of the molecule is Cc1nc(NCCCO)cc(N(C)C2CCCC2)n1. The summed E-state index contributed by atoms with van der Waals surface area (Å²) in [5.74, 6) is 2.63. The Morgan fingerprint density at radius 3 is 2.79 bits per heavy atom. The van der Waals surface area contributed by atoms with Gasteiger partial charge in [0.1, 0.15) is 17.5 Å². The summed E-state index contributed by atoms with van der Waals surface area (Å²) in [6, 6.07) is 2.61. The lowest BCUT2D eigenvalue weighted by atomic mass is 10.2. The number of anilines is 2. The molecule has 1 saturated carbocycles. The largest absolute Gasteiger partial charge is 0.396 e. The van der Waals surface area contributed by atoms with Crippen molar-refractivity contribution in [2.75, 3.05) is 30.4 Å². The molecule has 1 aromatic rings. The topological polar surface area (TPSA) is 61.3 Å². The second kappa shape index (κ2) is 6.70. The average Bonchev–Trinajstić information content (AvgIpc) is 2.91. The summed E-state index contributed by atoms with van der Waals surface area (Å²) in [4.78, 5) is 11.2. The van der Waals surface area contributed by atoms with Crippen molar-refractivity contribution in [1.82, 2.24) is 9.97 Å². The third-order valence-electron chi connectivity index (χ3n) is 3.70. The fraction of sp³-hybridized carbons (Fsp3) is 0.714. The van der Waals surface area contributed by atoms with Crippen molar-refractivity contribution in [3.05, 3.63) is 11.9 Å². The molecule has 0 bridgehead atoms. The summed E-state index contributed by atoms with van der Waals surface area (Å²) < 4.78 is 0. The number of aromatic nitrogens is 2. The lowest BCUT2D eigenvalue weighted by Gasteiger charge is -2.26.